The Hall–Kier alpha value is -1.24. The summed E-state index contributed by atoms with van der Waals surface area (Å²) in [5.74, 6) is 0.712. The fourth-order valence-corrected chi connectivity index (χ4v) is 1.94. The average molecular weight is 265 g/mol. The molecule has 0 aliphatic heterocycles. The van der Waals surface area contributed by atoms with Crippen LogP contribution in [0.15, 0.2) is 18.2 Å². The van der Waals surface area contributed by atoms with Crippen LogP contribution in [0, 0.1) is 11.3 Å². The Morgan fingerprint density at radius 2 is 2.33 bits per heavy atom. The summed E-state index contributed by atoms with van der Waals surface area (Å²) >= 11 is 6.20. The molecule has 1 aliphatic rings. The van der Waals surface area contributed by atoms with Gasteiger partial charge in [-0.1, -0.05) is 24.6 Å². The van der Waals surface area contributed by atoms with Crippen molar-refractivity contribution in [3.63, 3.8) is 0 Å². The summed E-state index contributed by atoms with van der Waals surface area (Å²) in [6.45, 7) is 2.63. The van der Waals surface area contributed by atoms with Gasteiger partial charge in [-0.2, -0.15) is 5.26 Å². The normalized spacial score (nSPS) is 16.1. The number of halogens is 1. The predicted molar refractivity (Wildman–Crippen MR) is 71.6 cm³/mol. The van der Waals surface area contributed by atoms with E-state index >= 15 is 0 Å². The third-order valence-electron chi connectivity index (χ3n) is 3.00. The van der Waals surface area contributed by atoms with Gasteiger partial charge in [0, 0.05) is 23.2 Å². The molecule has 4 heteroatoms. The lowest BCUT2D eigenvalue weighted by molar-refractivity contribution is 0.249. The average Bonchev–Trinajstić information content (AvgIpc) is 3.19. The molecule has 1 N–H and O–H groups in total. The molecule has 1 atom stereocenters. The van der Waals surface area contributed by atoms with Gasteiger partial charge in [0.15, 0.2) is 6.10 Å². The second kappa shape index (κ2) is 6.08. The van der Waals surface area contributed by atoms with Crippen LogP contribution in [-0.4, -0.2) is 12.1 Å². The van der Waals surface area contributed by atoms with E-state index in [0.717, 1.165) is 5.56 Å². The molecule has 1 fully saturated rings. The molecule has 0 amide bonds. The van der Waals surface area contributed by atoms with E-state index < -0.39 is 6.10 Å². The van der Waals surface area contributed by atoms with E-state index in [4.69, 9.17) is 21.6 Å². The number of rotatable bonds is 6. The monoisotopic (exact) mass is 264 g/mol. The lowest BCUT2D eigenvalue weighted by Crippen LogP contribution is -2.18. The van der Waals surface area contributed by atoms with Crippen LogP contribution in [0.3, 0.4) is 0 Å². The van der Waals surface area contributed by atoms with Crippen LogP contribution >= 0.6 is 11.6 Å². The van der Waals surface area contributed by atoms with Crippen LogP contribution < -0.4 is 10.1 Å². The van der Waals surface area contributed by atoms with Gasteiger partial charge in [-0.25, -0.2) is 0 Å². The van der Waals surface area contributed by atoms with Crippen molar-refractivity contribution >= 4 is 11.6 Å². The summed E-state index contributed by atoms with van der Waals surface area (Å²) in [6.07, 6.45) is 2.72. The maximum absolute atomic E-state index is 8.95. The van der Waals surface area contributed by atoms with Crippen molar-refractivity contribution < 1.29 is 4.74 Å². The summed E-state index contributed by atoms with van der Waals surface area (Å²) in [5, 5.41) is 13.1. The molecule has 1 aliphatic carbocycles. The van der Waals surface area contributed by atoms with E-state index in [0.29, 0.717) is 29.8 Å². The van der Waals surface area contributed by atoms with E-state index in [2.05, 4.69) is 11.4 Å². The van der Waals surface area contributed by atoms with Crippen molar-refractivity contribution in [3.05, 3.63) is 28.8 Å². The maximum atomic E-state index is 8.95. The molecule has 0 heterocycles. The summed E-state index contributed by atoms with van der Waals surface area (Å²) in [7, 11) is 0. The van der Waals surface area contributed by atoms with Crippen LogP contribution in [0.4, 0.5) is 0 Å². The first-order valence-corrected chi connectivity index (χ1v) is 6.69. The number of nitriles is 1. The Morgan fingerprint density at radius 1 is 1.56 bits per heavy atom. The Labute approximate surface area is 113 Å². The van der Waals surface area contributed by atoms with Crippen molar-refractivity contribution in [3.8, 4) is 11.8 Å². The minimum atomic E-state index is -0.414. The fraction of sp³-hybridized carbons (Fsp3) is 0.500. The summed E-state index contributed by atoms with van der Waals surface area (Å²) < 4.78 is 5.69. The molecule has 1 unspecified atom stereocenters. The van der Waals surface area contributed by atoms with Gasteiger partial charge in [0.05, 0.1) is 0 Å². The molecule has 0 saturated heterocycles. The van der Waals surface area contributed by atoms with Crippen molar-refractivity contribution in [1.29, 1.82) is 5.26 Å². The van der Waals surface area contributed by atoms with E-state index in [1.165, 1.54) is 12.8 Å². The first-order valence-electron chi connectivity index (χ1n) is 6.31. The number of nitrogens with one attached hydrogen (secondary N) is 1. The molecular formula is C14H17ClN2O. The van der Waals surface area contributed by atoms with Gasteiger partial charge < -0.3 is 10.1 Å². The minimum Gasteiger partial charge on any atom is -0.475 e. The van der Waals surface area contributed by atoms with Gasteiger partial charge in [-0.3, -0.25) is 0 Å². The van der Waals surface area contributed by atoms with Crippen molar-refractivity contribution in [2.24, 2.45) is 0 Å². The second-order valence-electron chi connectivity index (χ2n) is 4.52. The highest BCUT2D eigenvalue weighted by atomic mass is 35.5. The Bertz CT molecular complexity index is 452. The molecule has 0 aromatic heterocycles. The zero-order chi connectivity index (χ0) is 13.0. The molecule has 1 saturated carbocycles. The zero-order valence-electron chi connectivity index (χ0n) is 10.4. The quantitative estimate of drug-likeness (QED) is 0.858. The third kappa shape index (κ3) is 3.38. The highest BCUT2D eigenvalue weighted by molar-refractivity contribution is 6.31. The standard InChI is InChI=1S/C14H17ClN2O/c1-2-11(8-16)18-14-5-3-4-13(15)12(14)9-17-10-6-7-10/h3-5,10-11,17H,2,6-7,9H2,1H3. The maximum Gasteiger partial charge on any atom is 0.184 e. The zero-order valence-corrected chi connectivity index (χ0v) is 11.2. The first-order chi connectivity index (χ1) is 8.74. The number of hydrogen-bond donors (Lipinski definition) is 1. The number of hydrogen-bond acceptors (Lipinski definition) is 3. The number of benzene rings is 1. The molecule has 1 aromatic carbocycles. The minimum absolute atomic E-state index is 0.414. The highest BCUT2D eigenvalue weighted by Crippen LogP contribution is 2.29. The van der Waals surface area contributed by atoms with Gasteiger partial charge >= 0.3 is 0 Å². The molecule has 2 rings (SSSR count). The molecular weight excluding hydrogens is 248 g/mol. The Balaban J connectivity index is 2.11. The van der Waals surface area contributed by atoms with Crippen LogP contribution in [0.1, 0.15) is 31.7 Å². The Kier molecular flexibility index (Phi) is 4.46. The molecule has 96 valence electrons. The lowest BCUT2D eigenvalue weighted by atomic mass is 10.2. The van der Waals surface area contributed by atoms with Gasteiger partial charge in [-0.05, 0) is 31.4 Å². The van der Waals surface area contributed by atoms with Crippen molar-refractivity contribution in [1.82, 2.24) is 5.32 Å². The first kappa shape index (κ1) is 13.2. The van der Waals surface area contributed by atoms with Gasteiger partial charge in [0.25, 0.3) is 0 Å². The van der Waals surface area contributed by atoms with Crippen molar-refractivity contribution in [2.45, 2.75) is 44.9 Å². The number of nitrogens with zero attached hydrogens (tertiary/aromatic N) is 1. The third-order valence-corrected chi connectivity index (χ3v) is 3.36. The molecule has 0 radical (unpaired) electrons. The van der Waals surface area contributed by atoms with Crippen LogP contribution in [-0.2, 0) is 6.54 Å². The molecule has 0 bridgehead atoms. The van der Waals surface area contributed by atoms with Crippen LogP contribution in [0.2, 0.25) is 5.02 Å². The number of ether oxygens (including phenoxy) is 1. The van der Waals surface area contributed by atoms with Crippen LogP contribution in [0.5, 0.6) is 5.75 Å². The Morgan fingerprint density at radius 3 is 2.94 bits per heavy atom. The summed E-state index contributed by atoms with van der Waals surface area (Å²) in [6, 6.07) is 8.33. The fourth-order valence-electron chi connectivity index (χ4n) is 1.71. The van der Waals surface area contributed by atoms with E-state index in [1.807, 2.05) is 25.1 Å². The van der Waals surface area contributed by atoms with Gasteiger partial charge in [-0.15, -0.1) is 0 Å². The van der Waals surface area contributed by atoms with Gasteiger partial charge in [0.1, 0.15) is 11.8 Å². The lowest BCUT2D eigenvalue weighted by Gasteiger charge is -2.16. The topological polar surface area (TPSA) is 45.0 Å². The smallest absolute Gasteiger partial charge is 0.184 e. The molecule has 18 heavy (non-hydrogen) atoms. The predicted octanol–water partition coefficient (Wildman–Crippen LogP) is 3.27. The van der Waals surface area contributed by atoms with E-state index in [-0.39, 0.29) is 0 Å². The molecule has 1 aromatic rings. The summed E-state index contributed by atoms with van der Waals surface area (Å²) in [5.41, 5.74) is 0.944. The van der Waals surface area contributed by atoms with Crippen LogP contribution in [0.25, 0.3) is 0 Å². The van der Waals surface area contributed by atoms with Gasteiger partial charge in [0.2, 0.25) is 0 Å². The molecule has 0 spiro atoms. The second-order valence-corrected chi connectivity index (χ2v) is 4.92. The SMILES string of the molecule is CCC(C#N)Oc1cccc(Cl)c1CNC1CC1. The van der Waals surface area contributed by atoms with E-state index in [9.17, 15) is 0 Å². The van der Waals surface area contributed by atoms with Crippen molar-refractivity contribution in [2.75, 3.05) is 0 Å². The summed E-state index contributed by atoms with van der Waals surface area (Å²) in [4.78, 5) is 0. The van der Waals surface area contributed by atoms with E-state index in [1.54, 1.807) is 0 Å². The highest BCUT2D eigenvalue weighted by Gasteiger charge is 2.21. The molecule has 3 nitrogen and oxygen atoms in total. The largest absolute Gasteiger partial charge is 0.475 e.